The Morgan fingerprint density at radius 3 is 1.32 bits per heavy atom. The number of amides is 2. The molecule has 0 spiro atoms. The van der Waals surface area contributed by atoms with Crippen molar-refractivity contribution in [3.8, 4) is 0 Å². The Hall–Kier alpha value is -1.13. The third kappa shape index (κ3) is 7.04. The second-order valence-electron chi connectivity index (χ2n) is 5.90. The molecular formula is C15H32N2O11. The summed E-state index contributed by atoms with van der Waals surface area (Å²) in [7, 11) is 0. The van der Waals surface area contributed by atoms with E-state index in [1.807, 2.05) is 13.8 Å². The van der Waals surface area contributed by atoms with Gasteiger partial charge < -0.3 is 50.3 Å². The Morgan fingerprint density at radius 1 is 0.786 bits per heavy atom. The van der Waals surface area contributed by atoms with Gasteiger partial charge in [0.25, 0.3) is 0 Å². The summed E-state index contributed by atoms with van der Waals surface area (Å²) in [5.41, 5.74) is 0. The topological polar surface area (TPSA) is 204 Å². The molecule has 8 N–H and O–H groups in total. The maximum Gasteiger partial charge on any atom is 0.328 e. The van der Waals surface area contributed by atoms with Crippen LogP contribution in [0.5, 0.6) is 0 Å². The summed E-state index contributed by atoms with van der Waals surface area (Å²) in [6.45, 7) is 5.89. The normalized spacial score (nSPS) is 26.2. The van der Waals surface area contributed by atoms with Crippen molar-refractivity contribution in [2.75, 3.05) is 13.2 Å². The van der Waals surface area contributed by atoms with E-state index in [1.54, 1.807) is 0 Å². The minimum Gasteiger partial charge on any atom is -0.391 e. The second kappa shape index (κ2) is 12.4. The van der Waals surface area contributed by atoms with Gasteiger partial charge in [0.1, 0.15) is 0 Å². The van der Waals surface area contributed by atoms with Gasteiger partial charge in [-0.15, -0.1) is 0 Å². The molecule has 13 nitrogen and oxygen atoms in total. The molecular weight excluding hydrogens is 384 g/mol. The lowest BCUT2D eigenvalue weighted by Crippen LogP contribution is -2.52. The first kappa shape index (κ1) is 26.9. The quantitative estimate of drug-likeness (QED) is 0.164. The van der Waals surface area contributed by atoms with Crippen LogP contribution in [-0.4, -0.2) is 120 Å². The van der Waals surface area contributed by atoms with E-state index < -0.39 is 68.9 Å². The molecule has 2 amide bonds. The molecule has 13 heteroatoms. The van der Waals surface area contributed by atoms with E-state index in [0.29, 0.717) is 0 Å². The van der Waals surface area contributed by atoms with Crippen molar-refractivity contribution in [1.29, 1.82) is 0 Å². The van der Waals surface area contributed by atoms with Crippen molar-refractivity contribution in [2.24, 2.45) is 0 Å². The first-order valence-corrected chi connectivity index (χ1v) is 8.77. The van der Waals surface area contributed by atoms with E-state index in [0.717, 1.165) is 0 Å². The summed E-state index contributed by atoms with van der Waals surface area (Å²) in [6, 6.07) is -1.34. The molecule has 1 aliphatic rings. The molecule has 0 aromatic heterocycles. The minimum absolute atomic E-state index is 0.210. The summed E-state index contributed by atoms with van der Waals surface area (Å²) in [4.78, 5) is 12.7. The molecule has 0 aliphatic carbocycles. The van der Waals surface area contributed by atoms with E-state index in [4.69, 9.17) is 19.7 Å². The van der Waals surface area contributed by atoms with Gasteiger partial charge in [-0.25, -0.2) is 4.79 Å². The van der Waals surface area contributed by atoms with Gasteiger partial charge >= 0.3 is 6.03 Å². The molecule has 1 saturated heterocycles. The van der Waals surface area contributed by atoms with Gasteiger partial charge in [-0.05, 0) is 13.8 Å². The van der Waals surface area contributed by atoms with E-state index in [9.17, 15) is 35.4 Å². The molecule has 1 aliphatic heterocycles. The Balaban J connectivity index is 0.00000352. The summed E-state index contributed by atoms with van der Waals surface area (Å²) in [5.74, 6) is 0. The number of hydrogen-bond donors (Lipinski definition) is 8. The highest BCUT2D eigenvalue weighted by Gasteiger charge is 2.52. The van der Waals surface area contributed by atoms with Gasteiger partial charge in [0.2, 0.25) is 12.6 Å². The number of urea groups is 1. The fourth-order valence-corrected chi connectivity index (χ4v) is 2.11. The zero-order chi connectivity index (χ0) is 22.2. The van der Waals surface area contributed by atoms with E-state index in [1.165, 1.54) is 13.8 Å². The number of hydrogen-bond acceptors (Lipinski definition) is 11. The molecule has 28 heavy (non-hydrogen) atoms. The molecule has 1 rings (SSSR count). The highest BCUT2D eigenvalue weighted by atomic mass is 16.6. The zero-order valence-electron chi connectivity index (χ0n) is 16.2. The predicted octanol–water partition coefficient (Wildman–Crippen LogP) is -3.54. The molecule has 0 saturated carbocycles. The molecule has 0 radical (unpaired) electrons. The van der Waals surface area contributed by atoms with Crippen LogP contribution in [0.2, 0.25) is 0 Å². The fraction of sp³-hybridized carbons (Fsp3) is 0.933. The smallest absolute Gasteiger partial charge is 0.328 e. The molecule has 0 bridgehead atoms. The van der Waals surface area contributed by atoms with Crippen molar-refractivity contribution < 1.29 is 55.1 Å². The van der Waals surface area contributed by atoms with Crippen LogP contribution in [0, 0.1) is 0 Å². The summed E-state index contributed by atoms with van der Waals surface area (Å²) >= 11 is 0. The number of rotatable bonds is 10. The van der Waals surface area contributed by atoms with Gasteiger partial charge in [-0.2, -0.15) is 0 Å². The molecule has 1 fully saturated rings. The number of aliphatic hydroxyl groups excluding tert-OH is 8. The third-order valence-electron chi connectivity index (χ3n) is 3.37. The highest BCUT2D eigenvalue weighted by molar-refractivity contribution is 5.77. The van der Waals surface area contributed by atoms with Gasteiger partial charge in [0.05, 0.1) is 25.4 Å². The maximum atomic E-state index is 12.3. The van der Waals surface area contributed by atoms with Crippen LogP contribution in [0.25, 0.3) is 0 Å². The van der Waals surface area contributed by atoms with E-state index >= 15 is 0 Å². The number of ether oxygens (including phenoxy) is 2. The van der Waals surface area contributed by atoms with E-state index in [-0.39, 0.29) is 9.80 Å². The van der Waals surface area contributed by atoms with Crippen LogP contribution >= 0.6 is 0 Å². The SMILES string of the molecule is CC.CC(O)COC(O)C(O)N1C(=O)N(C(O)C(O)OCC(C)O)C(O)C1O. The standard InChI is InChI=1S/C13H26N2O11.C2H6/c1-5(16)3-25-11(22)9(20)14-7(18)8(19)15(13(14)24)10(21)12(23)26-4-6(2)17;1-2/h5-12,16-23H,3-4H2,1-2H3;1-2H3. The molecule has 8 unspecified atom stereocenters. The monoisotopic (exact) mass is 416 g/mol. The van der Waals surface area contributed by atoms with Crippen LogP contribution in [0.3, 0.4) is 0 Å². The molecule has 0 aromatic carbocycles. The van der Waals surface area contributed by atoms with Crippen LogP contribution in [0.1, 0.15) is 27.7 Å². The third-order valence-corrected chi connectivity index (χ3v) is 3.37. The highest BCUT2D eigenvalue weighted by Crippen LogP contribution is 2.26. The molecule has 8 atom stereocenters. The van der Waals surface area contributed by atoms with Gasteiger partial charge in [0, 0.05) is 0 Å². The first-order valence-electron chi connectivity index (χ1n) is 8.77. The van der Waals surface area contributed by atoms with Crippen LogP contribution in [-0.2, 0) is 9.47 Å². The predicted molar refractivity (Wildman–Crippen MR) is 91.7 cm³/mol. The average molecular weight is 416 g/mol. The van der Waals surface area contributed by atoms with Crippen molar-refractivity contribution >= 4 is 6.03 Å². The Morgan fingerprint density at radius 2 is 1.07 bits per heavy atom. The lowest BCUT2D eigenvalue weighted by molar-refractivity contribution is -0.233. The van der Waals surface area contributed by atoms with Crippen molar-refractivity contribution in [1.82, 2.24) is 9.80 Å². The largest absolute Gasteiger partial charge is 0.391 e. The summed E-state index contributed by atoms with van der Waals surface area (Å²) in [6.07, 6.45) is -14.5. The first-order chi connectivity index (χ1) is 13.0. The van der Waals surface area contributed by atoms with Crippen LogP contribution < -0.4 is 0 Å². The Labute approximate surface area is 162 Å². The van der Waals surface area contributed by atoms with Crippen molar-refractivity contribution in [3.05, 3.63) is 0 Å². The Bertz CT molecular complexity index is 416. The number of nitrogens with zero attached hydrogens (tertiary/aromatic N) is 2. The van der Waals surface area contributed by atoms with Crippen LogP contribution in [0.4, 0.5) is 4.79 Å². The van der Waals surface area contributed by atoms with Crippen LogP contribution in [0.15, 0.2) is 0 Å². The lowest BCUT2D eigenvalue weighted by atomic mass is 10.4. The summed E-state index contributed by atoms with van der Waals surface area (Å²) in [5, 5.41) is 77.2. The number of carbonyl (C=O) groups excluding carboxylic acids is 1. The average Bonchev–Trinajstić information content (AvgIpc) is 2.86. The van der Waals surface area contributed by atoms with Crippen molar-refractivity contribution in [2.45, 2.75) is 77.4 Å². The lowest BCUT2D eigenvalue weighted by Gasteiger charge is -2.30. The Kier molecular flexibility index (Phi) is 11.9. The molecule has 0 aromatic rings. The van der Waals surface area contributed by atoms with E-state index in [2.05, 4.69) is 0 Å². The molecule has 168 valence electrons. The minimum atomic E-state index is -2.15. The molecule has 1 heterocycles. The zero-order valence-corrected chi connectivity index (χ0v) is 16.2. The number of aliphatic hydroxyl groups is 8. The van der Waals surface area contributed by atoms with Crippen molar-refractivity contribution in [3.63, 3.8) is 0 Å². The maximum absolute atomic E-state index is 12.3. The number of carbonyl (C=O) groups is 1. The van der Waals surface area contributed by atoms with Gasteiger partial charge in [-0.3, -0.25) is 9.80 Å². The fourth-order valence-electron chi connectivity index (χ4n) is 2.11. The van der Waals surface area contributed by atoms with Gasteiger partial charge in [-0.1, -0.05) is 13.8 Å². The summed E-state index contributed by atoms with van der Waals surface area (Å²) < 4.78 is 9.41. The second-order valence-corrected chi connectivity index (χ2v) is 5.90. The van der Waals surface area contributed by atoms with Gasteiger partial charge in [0.15, 0.2) is 24.9 Å².